The third-order valence-corrected chi connectivity index (χ3v) is 4.08. The fraction of sp³-hybridized carbons (Fsp3) is 0.438. The van der Waals surface area contributed by atoms with Crippen LogP contribution in [0.25, 0.3) is 0 Å². The number of esters is 1. The molecule has 1 atom stereocenters. The highest BCUT2D eigenvalue weighted by Gasteiger charge is 2.30. The number of carbonyl (C=O) groups is 1. The van der Waals surface area contributed by atoms with Crippen molar-refractivity contribution in [2.45, 2.75) is 38.5 Å². The van der Waals surface area contributed by atoms with Gasteiger partial charge < -0.3 is 4.74 Å². The van der Waals surface area contributed by atoms with Crippen molar-refractivity contribution in [3.63, 3.8) is 0 Å². The van der Waals surface area contributed by atoms with Gasteiger partial charge in [-0.15, -0.1) is 0 Å². The Morgan fingerprint density at radius 3 is 2.67 bits per heavy atom. The van der Waals surface area contributed by atoms with Gasteiger partial charge in [0.15, 0.2) is 0 Å². The lowest BCUT2D eigenvalue weighted by molar-refractivity contribution is -0.385. The van der Waals surface area contributed by atoms with E-state index in [0.717, 1.165) is 19.3 Å². The van der Waals surface area contributed by atoms with E-state index in [1.54, 1.807) is 18.2 Å². The van der Waals surface area contributed by atoms with Crippen molar-refractivity contribution in [1.29, 1.82) is 0 Å². The smallest absolute Gasteiger partial charge is 0.313 e. The van der Waals surface area contributed by atoms with E-state index in [-0.39, 0.29) is 5.69 Å². The predicted molar refractivity (Wildman–Crippen MR) is 79.0 cm³/mol. The van der Waals surface area contributed by atoms with Gasteiger partial charge in [0.05, 0.1) is 18.0 Å². The summed E-state index contributed by atoms with van der Waals surface area (Å²) in [5.74, 6) is -1.03. The number of nitrogens with zero attached hydrogens (tertiary/aromatic N) is 1. The van der Waals surface area contributed by atoms with Crippen molar-refractivity contribution < 1.29 is 14.5 Å². The lowest BCUT2D eigenvalue weighted by atomic mass is 9.89. The molecule has 5 nitrogen and oxygen atoms in total. The van der Waals surface area contributed by atoms with Crippen LogP contribution in [0.1, 0.15) is 44.1 Å². The molecule has 5 heteroatoms. The van der Waals surface area contributed by atoms with Gasteiger partial charge in [-0.25, -0.2) is 0 Å². The van der Waals surface area contributed by atoms with Crippen molar-refractivity contribution in [3.05, 3.63) is 51.1 Å². The van der Waals surface area contributed by atoms with E-state index in [1.165, 1.54) is 24.3 Å². The summed E-state index contributed by atoms with van der Waals surface area (Å²) in [5, 5.41) is 11.2. The molecule has 0 unspecified atom stereocenters. The van der Waals surface area contributed by atoms with Gasteiger partial charge >= 0.3 is 5.97 Å². The summed E-state index contributed by atoms with van der Waals surface area (Å²) < 4.78 is 4.86. The number of hydrogen-bond acceptors (Lipinski definition) is 4. The largest absolute Gasteiger partial charge is 0.469 e. The van der Waals surface area contributed by atoms with Crippen molar-refractivity contribution in [2.24, 2.45) is 0 Å². The van der Waals surface area contributed by atoms with Gasteiger partial charge in [0.2, 0.25) is 0 Å². The molecule has 1 aromatic rings. The van der Waals surface area contributed by atoms with Gasteiger partial charge in [0, 0.05) is 11.6 Å². The Morgan fingerprint density at radius 1 is 1.38 bits per heavy atom. The van der Waals surface area contributed by atoms with Gasteiger partial charge in [-0.1, -0.05) is 29.3 Å². The summed E-state index contributed by atoms with van der Waals surface area (Å²) in [6, 6.07) is 6.40. The second-order valence-electron chi connectivity index (χ2n) is 5.33. The Hall–Kier alpha value is -2.17. The molecule has 0 saturated carbocycles. The molecule has 1 aromatic carbocycles. The maximum atomic E-state index is 12.1. The predicted octanol–water partition coefficient (Wildman–Crippen LogP) is 3.74. The Labute approximate surface area is 123 Å². The van der Waals surface area contributed by atoms with Crippen LogP contribution < -0.4 is 0 Å². The van der Waals surface area contributed by atoms with Crippen LogP contribution in [-0.4, -0.2) is 18.0 Å². The monoisotopic (exact) mass is 289 g/mol. The number of carbonyl (C=O) groups excluding carboxylic acids is 1. The molecule has 2 rings (SSSR count). The van der Waals surface area contributed by atoms with Crippen LogP contribution in [-0.2, 0) is 9.53 Å². The summed E-state index contributed by atoms with van der Waals surface area (Å²) in [6.45, 7) is 2.07. The Morgan fingerprint density at radius 2 is 2.10 bits per heavy atom. The van der Waals surface area contributed by atoms with Crippen LogP contribution in [0.3, 0.4) is 0 Å². The van der Waals surface area contributed by atoms with Crippen LogP contribution in [0.15, 0.2) is 35.4 Å². The Balaban J connectivity index is 2.39. The zero-order valence-electron chi connectivity index (χ0n) is 12.3. The average molecular weight is 289 g/mol. The van der Waals surface area contributed by atoms with Crippen molar-refractivity contribution in [1.82, 2.24) is 0 Å². The first-order valence-corrected chi connectivity index (χ1v) is 7.03. The van der Waals surface area contributed by atoms with E-state index in [0.29, 0.717) is 12.0 Å². The first kappa shape index (κ1) is 15.2. The van der Waals surface area contributed by atoms with Gasteiger partial charge in [-0.3, -0.25) is 14.9 Å². The van der Waals surface area contributed by atoms with E-state index in [2.05, 4.69) is 6.92 Å². The highest BCUT2D eigenvalue weighted by molar-refractivity contribution is 5.80. The third kappa shape index (κ3) is 3.29. The fourth-order valence-corrected chi connectivity index (χ4v) is 2.89. The number of nitro groups is 1. The summed E-state index contributed by atoms with van der Waals surface area (Å²) in [4.78, 5) is 22.9. The highest BCUT2D eigenvalue weighted by atomic mass is 16.6. The van der Waals surface area contributed by atoms with Gasteiger partial charge in [0.25, 0.3) is 5.69 Å². The summed E-state index contributed by atoms with van der Waals surface area (Å²) >= 11 is 0. The Bertz CT molecular complexity index is 592. The van der Waals surface area contributed by atoms with E-state index < -0.39 is 16.8 Å². The summed E-state index contributed by atoms with van der Waals surface area (Å²) in [7, 11) is 1.32. The number of ether oxygens (including phenoxy) is 1. The van der Waals surface area contributed by atoms with E-state index >= 15 is 0 Å². The molecule has 0 spiro atoms. The fourth-order valence-electron chi connectivity index (χ4n) is 2.89. The molecule has 0 amide bonds. The molecule has 0 aromatic heterocycles. The normalized spacial score (nSPS) is 15.9. The lowest BCUT2D eigenvalue weighted by Crippen LogP contribution is -2.16. The van der Waals surface area contributed by atoms with Crippen molar-refractivity contribution in [3.8, 4) is 0 Å². The number of hydrogen-bond donors (Lipinski definition) is 0. The third-order valence-electron chi connectivity index (χ3n) is 4.08. The zero-order chi connectivity index (χ0) is 15.4. The molecule has 1 aliphatic carbocycles. The molecular weight excluding hydrogens is 270 g/mol. The first-order valence-electron chi connectivity index (χ1n) is 7.03. The second kappa shape index (κ2) is 6.52. The molecule has 0 saturated heterocycles. The molecule has 0 fully saturated rings. The molecule has 0 heterocycles. The second-order valence-corrected chi connectivity index (χ2v) is 5.33. The molecule has 21 heavy (non-hydrogen) atoms. The van der Waals surface area contributed by atoms with E-state index in [4.69, 9.17) is 4.74 Å². The zero-order valence-corrected chi connectivity index (χ0v) is 12.3. The van der Waals surface area contributed by atoms with E-state index in [1.807, 2.05) is 0 Å². The lowest BCUT2D eigenvalue weighted by Gasteiger charge is -2.16. The van der Waals surface area contributed by atoms with E-state index in [9.17, 15) is 14.9 Å². The molecule has 0 N–H and O–H groups in total. The standard InChI is InChI=1S/C16H19NO4/c1-11-6-5-7-12(11)10-14(16(18)21-2)13-8-3-4-9-15(13)17(19)20/h3-4,8-9,14H,5-7,10H2,1-2H3/t14-/m1/s1. The summed E-state index contributed by atoms with van der Waals surface area (Å²) in [6.07, 6.45) is 3.59. The number of allylic oxidation sites excluding steroid dienone is 2. The maximum Gasteiger partial charge on any atom is 0.313 e. The minimum absolute atomic E-state index is 0.0239. The SMILES string of the molecule is COC(=O)[C@H](CC1=C(C)CCC1)c1ccccc1[N+](=O)[O-]. The van der Waals surface area contributed by atoms with Crippen LogP contribution in [0.2, 0.25) is 0 Å². The number of nitro benzene ring substituents is 1. The number of para-hydroxylation sites is 1. The molecule has 1 aliphatic rings. The molecular formula is C16H19NO4. The number of methoxy groups -OCH3 is 1. The van der Waals surface area contributed by atoms with Gasteiger partial charge in [-0.05, 0) is 32.6 Å². The number of rotatable bonds is 5. The highest BCUT2D eigenvalue weighted by Crippen LogP contribution is 2.37. The van der Waals surface area contributed by atoms with Crippen molar-refractivity contribution in [2.75, 3.05) is 7.11 Å². The molecule has 0 radical (unpaired) electrons. The van der Waals surface area contributed by atoms with Crippen LogP contribution >= 0.6 is 0 Å². The minimum atomic E-state index is -0.611. The molecule has 0 aliphatic heterocycles. The van der Waals surface area contributed by atoms with Gasteiger partial charge in [-0.2, -0.15) is 0 Å². The molecule has 0 bridgehead atoms. The van der Waals surface area contributed by atoms with Crippen molar-refractivity contribution >= 4 is 11.7 Å². The molecule has 112 valence electrons. The van der Waals surface area contributed by atoms with Gasteiger partial charge in [0.1, 0.15) is 0 Å². The average Bonchev–Trinajstić information content (AvgIpc) is 2.89. The summed E-state index contributed by atoms with van der Waals surface area (Å²) in [5.41, 5.74) is 2.93. The first-order chi connectivity index (χ1) is 10.0. The quantitative estimate of drug-likeness (QED) is 0.358. The topological polar surface area (TPSA) is 69.4 Å². The van der Waals surface area contributed by atoms with Crippen LogP contribution in [0.5, 0.6) is 0 Å². The minimum Gasteiger partial charge on any atom is -0.469 e. The maximum absolute atomic E-state index is 12.1. The van der Waals surface area contributed by atoms with Crippen LogP contribution in [0, 0.1) is 10.1 Å². The Kier molecular flexibility index (Phi) is 4.73. The number of benzene rings is 1. The van der Waals surface area contributed by atoms with Crippen LogP contribution in [0.4, 0.5) is 5.69 Å².